The van der Waals surface area contributed by atoms with Crippen LogP contribution in [0, 0.1) is 12.7 Å². The van der Waals surface area contributed by atoms with Gasteiger partial charge < -0.3 is 14.8 Å². The average Bonchev–Trinajstić information content (AvgIpc) is 2.74. The number of nitrogens with one attached hydrogen (secondary N) is 1. The van der Waals surface area contributed by atoms with E-state index in [0.29, 0.717) is 31.4 Å². The Balaban J connectivity index is 1.57. The number of morpholine rings is 1. The lowest BCUT2D eigenvalue weighted by Crippen LogP contribution is -2.44. The molecule has 162 valence electrons. The van der Waals surface area contributed by atoms with Gasteiger partial charge in [0.15, 0.2) is 6.61 Å². The molecule has 1 amide bonds. The van der Waals surface area contributed by atoms with Crippen LogP contribution in [-0.4, -0.2) is 50.3 Å². The largest absolute Gasteiger partial charge is 0.484 e. The van der Waals surface area contributed by atoms with Crippen LogP contribution >= 0.6 is 0 Å². The van der Waals surface area contributed by atoms with Crippen molar-refractivity contribution in [2.45, 2.75) is 32.7 Å². The van der Waals surface area contributed by atoms with E-state index in [2.05, 4.69) is 37.1 Å². The van der Waals surface area contributed by atoms with Crippen LogP contribution in [-0.2, 0) is 9.53 Å². The molecule has 1 aliphatic heterocycles. The number of nitrogens with zero attached hydrogens (tertiary/aromatic N) is 1. The topological polar surface area (TPSA) is 50.8 Å². The summed E-state index contributed by atoms with van der Waals surface area (Å²) in [6.07, 6.45) is 0. The Morgan fingerprint density at radius 2 is 1.87 bits per heavy atom. The molecule has 0 aliphatic carbocycles. The number of hydrogen-bond acceptors (Lipinski definition) is 4. The number of rotatable bonds is 8. The summed E-state index contributed by atoms with van der Waals surface area (Å²) in [6.45, 7) is 9.61. The molecule has 1 atom stereocenters. The number of hydrogen-bond donors (Lipinski definition) is 1. The number of carbonyl (C=O) groups excluding carboxylic acids is 1. The van der Waals surface area contributed by atoms with E-state index in [0.717, 1.165) is 24.2 Å². The molecule has 0 aromatic heterocycles. The lowest BCUT2D eigenvalue weighted by Gasteiger charge is -2.35. The monoisotopic (exact) mass is 414 g/mol. The van der Waals surface area contributed by atoms with E-state index in [1.807, 2.05) is 12.1 Å². The van der Waals surface area contributed by atoms with Gasteiger partial charge in [0, 0.05) is 19.6 Å². The number of amides is 1. The van der Waals surface area contributed by atoms with Gasteiger partial charge in [-0.25, -0.2) is 4.39 Å². The third-order valence-electron chi connectivity index (χ3n) is 5.47. The molecule has 1 fully saturated rings. The van der Waals surface area contributed by atoms with Gasteiger partial charge in [-0.05, 0) is 53.8 Å². The highest BCUT2D eigenvalue weighted by molar-refractivity contribution is 5.77. The molecule has 1 heterocycles. The van der Waals surface area contributed by atoms with E-state index in [1.54, 1.807) is 12.1 Å². The Bertz CT molecular complexity index is 833. The highest BCUT2D eigenvalue weighted by Gasteiger charge is 2.23. The normalized spacial score (nSPS) is 15.8. The maximum absolute atomic E-state index is 13.3. The molecular weight excluding hydrogens is 383 g/mol. The minimum absolute atomic E-state index is 0.0361. The van der Waals surface area contributed by atoms with E-state index < -0.39 is 0 Å². The van der Waals surface area contributed by atoms with E-state index in [-0.39, 0.29) is 24.4 Å². The number of ether oxygens (including phenoxy) is 2. The zero-order chi connectivity index (χ0) is 21.5. The minimum Gasteiger partial charge on any atom is -0.484 e. The predicted molar refractivity (Wildman–Crippen MR) is 115 cm³/mol. The minimum atomic E-state index is -0.268. The molecule has 2 aromatic carbocycles. The number of benzene rings is 2. The molecule has 0 saturated carbocycles. The van der Waals surface area contributed by atoms with Crippen LogP contribution in [0.25, 0.3) is 0 Å². The Morgan fingerprint density at radius 1 is 1.17 bits per heavy atom. The van der Waals surface area contributed by atoms with Gasteiger partial charge in [0.2, 0.25) is 0 Å². The van der Waals surface area contributed by atoms with E-state index >= 15 is 0 Å². The molecule has 30 heavy (non-hydrogen) atoms. The first-order valence-corrected chi connectivity index (χ1v) is 10.5. The van der Waals surface area contributed by atoms with Crippen molar-refractivity contribution in [2.75, 3.05) is 39.5 Å². The van der Waals surface area contributed by atoms with Crippen LogP contribution in [0.15, 0.2) is 42.5 Å². The summed E-state index contributed by atoms with van der Waals surface area (Å²) in [5, 5.41) is 2.97. The molecule has 0 spiro atoms. The van der Waals surface area contributed by atoms with Gasteiger partial charge in [-0.15, -0.1) is 0 Å². The fraction of sp³-hybridized carbons (Fsp3) is 0.458. The van der Waals surface area contributed by atoms with Crippen molar-refractivity contribution in [3.63, 3.8) is 0 Å². The maximum atomic E-state index is 13.3. The Labute approximate surface area is 178 Å². The zero-order valence-electron chi connectivity index (χ0n) is 18.0. The fourth-order valence-electron chi connectivity index (χ4n) is 3.83. The third-order valence-corrected chi connectivity index (χ3v) is 5.47. The van der Waals surface area contributed by atoms with Gasteiger partial charge in [-0.1, -0.05) is 32.0 Å². The smallest absolute Gasteiger partial charge is 0.258 e. The second-order valence-electron chi connectivity index (χ2n) is 7.98. The van der Waals surface area contributed by atoms with Gasteiger partial charge in [0.25, 0.3) is 5.91 Å². The van der Waals surface area contributed by atoms with Crippen molar-refractivity contribution < 1.29 is 18.7 Å². The summed E-state index contributed by atoms with van der Waals surface area (Å²) in [7, 11) is 0. The Morgan fingerprint density at radius 3 is 2.50 bits per heavy atom. The number of aryl methyl sites for hydroxylation is 1. The second-order valence-corrected chi connectivity index (χ2v) is 7.98. The standard InChI is InChI=1S/C24H31FN2O3/c1-17(2)22-9-8-21(14-18(22)3)30-16-24(28)26-15-23(27-10-12-29-13-11-27)19-4-6-20(25)7-5-19/h4-9,14,17,23H,10-13,15-16H2,1-3H3,(H,26,28). The molecule has 1 unspecified atom stereocenters. The van der Waals surface area contributed by atoms with Crippen LogP contribution in [0.2, 0.25) is 0 Å². The molecule has 0 radical (unpaired) electrons. The molecule has 0 bridgehead atoms. The molecule has 1 N–H and O–H groups in total. The summed E-state index contributed by atoms with van der Waals surface area (Å²) in [4.78, 5) is 14.7. The predicted octanol–water partition coefficient (Wildman–Crippen LogP) is 3.83. The Hall–Kier alpha value is -2.44. The van der Waals surface area contributed by atoms with Crippen molar-refractivity contribution in [1.29, 1.82) is 0 Å². The lowest BCUT2D eigenvalue weighted by molar-refractivity contribution is -0.123. The third kappa shape index (κ3) is 6.03. The van der Waals surface area contributed by atoms with Crippen molar-refractivity contribution in [3.8, 4) is 5.75 Å². The van der Waals surface area contributed by atoms with Gasteiger partial charge in [-0.2, -0.15) is 0 Å². The van der Waals surface area contributed by atoms with Crippen LogP contribution in [0.5, 0.6) is 5.75 Å². The molecular formula is C24H31FN2O3. The molecule has 5 nitrogen and oxygen atoms in total. The van der Waals surface area contributed by atoms with E-state index in [1.165, 1.54) is 17.7 Å². The van der Waals surface area contributed by atoms with Crippen LogP contribution in [0.4, 0.5) is 4.39 Å². The first-order chi connectivity index (χ1) is 14.4. The van der Waals surface area contributed by atoms with E-state index in [4.69, 9.17) is 9.47 Å². The van der Waals surface area contributed by atoms with Gasteiger partial charge in [0.05, 0.1) is 19.3 Å². The van der Waals surface area contributed by atoms with Crippen molar-refractivity contribution in [2.24, 2.45) is 0 Å². The van der Waals surface area contributed by atoms with E-state index in [9.17, 15) is 9.18 Å². The summed E-state index contributed by atoms with van der Waals surface area (Å²) >= 11 is 0. The molecule has 6 heteroatoms. The fourth-order valence-corrected chi connectivity index (χ4v) is 3.83. The van der Waals surface area contributed by atoms with Gasteiger partial charge >= 0.3 is 0 Å². The summed E-state index contributed by atoms with van der Waals surface area (Å²) in [5.41, 5.74) is 3.41. The molecule has 1 saturated heterocycles. The second kappa shape index (κ2) is 10.5. The highest BCUT2D eigenvalue weighted by Crippen LogP contribution is 2.24. The summed E-state index contributed by atoms with van der Waals surface area (Å²) < 4.78 is 24.5. The lowest BCUT2D eigenvalue weighted by atomic mass is 9.98. The van der Waals surface area contributed by atoms with Crippen molar-refractivity contribution >= 4 is 5.91 Å². The quantitative estimate of drug-likeness (QED) is 0.713. The average molecular weight is 415 g/mol. The number of halogens is 1. The van der Waals surface area contributed by atoms with Gasteiger partial charge in [0.1, 0.15) is 11.6 Å². The van der Waals surface area contributed by atoms with Crippen LogP contribution in [0.1, 0.15) is 42.5 Å². The Kier molecular flexibility index (Phi) is 7.82. The van der Waals surface area contributed by atoms with Gasteiger partial charge in [-0.3, -0.25) is 9.69 Å². The first-order valence-electron chi connectivity index (χ1n) is 10.5. The SMILES string of the molecule is Cc1cc(OCC(=O)NCC(c2ccc(F)cc2)N2CCOCC2)ccc1C(C)C. The summed E-state index contributed by atoms with van der Waals surface area (Å²) in [5.74, 6) is 0.692. The molecule has 3 rings (SSSR count). The highest BCUT2D eigenvalue weighted by atomic mass is 19.1. The molecule has 2 aromatic rings. The summed E-state index contributed by atoms with van der Waals surface area (Å²) in [6, 6.07) is 12.4. The van der Waals surface area contributed by atoms with Crippen molar-refractivity contribution in [1.82, 2.24) is 10.2 Å². The first kappa shape index (κ1) is 22.2. The molecule has 1 aliphatic rings. The number of carbonyl (C=O) groups is 1. The maximum Gasteiger partial charge on any atom is 0.258 e. The van der Waals surface area contributed by atoms with Crippen molar-refractivity contribution in [3.05, 3.63) is 65.0 Å². The zero-order valence-corrected chi connectivity index (χ0v) is 18.0. The van der Waals surface area contributed by atoms with Crippen LogP contribution in [0.3, 0.4) is 0 Å². The van der Waals surface area contributed by atoms with Crippen LogP contribution < -0.4 is 10.1 Å².